The van der Waals surface area contributed by atoms with E-state index in [0.29, 0.717) is 6.54 Å². The van der Waals surface area contributed by atoms with Gasteiger partial charge in [0.15, 0.2) is 0 Å². The van der Waals surface area contributed by atoms with E-state index in [2.05, 4.69) is 17.0 Å². The predicted octanol–water partition coefficient (Wildman–Crippen LogP) is 5.49. The molecule has 3 nitrogen and oxygen atoms in total. The van der Waals surface area contributed by atoms with Crippen molar-refractivity contribution in [3.8, 4) is 11.3 Å². The highest BCUT2D eigenvalue weighted by molar-refractivity contribution is 5.65. The summed E-state index contributed by atoms with van der Waals surface area (Å²) >= 11 is 0. The summed E-state index contributed by atoms with van der Waals surface area (Å²) in [5, 5.41) is 7.85. The zero-order chi connectivity index (χ0) is 18.5. The Morgan fingerprint density at radius 2 is 1.69 bits per heavy atom. The number of anilines is 1. The molecule has 0 atom stereocenters. The Balaban J connectivity index is 1.91. The van der Waals surface area contributed by atoms with Crippen LogP contribution in [0.25, 0.3) is 17.0 Å². The van der Waals surface area contributed by atoms with Crippen molar-refractivity contribution >= 4 is 11.4 Å². The van der Waals surface area contributed by atoms with E-state index in [1.54, 1.807) is 28.9 Å². The Kier molecular flexibility index (Phi) is 5.27. The fraction of sp³-hybridized carbons (Fsp3) is 0.0952. The Bertz CT molecular complexity index is 923. The molecule has 0 radical (unpaired) electrons. The van der Waals surface area contributed by atoms with E-state index in [4.69, 9.17) is 0 Å². The third-order valence-electron chi connectivity index (χ3n) is 3.89. The van der Waals surface area contributed by atoms with Gasteiger partial charge in [-0.1, -0.05) is 12.7 Å². The summed E-state index contributed by atoms with van der Waals surface area (Å²) in [6.07, 6.45) is 5.63. The van der Waals surface area contributed by atoms with Gasteiger partial charge in [-0.3, -0.25) is 0 Å². The number of hydrogen-bond acceptors (Lipinski definition) is 2. The standard InChI is InChI=1S/C21H19F2N3/c1-3-4-15(2)26-14-17(13-24-20-11-9-19(23)10-12-20)21(25-26)16-5-7-18(22)8-6-16/h3-12,14,24H,2,13H2,1H3/b4-3-. The Hall–Kier alpha value is -3.21. The largest absolute Gasteiger partial charge is 0.381 e. The van der Waals surface area contributed by atoms with Gasteiger partial charge in [0.05, 0.1) is 11.4 Å². The van der Waals surface area contributed by atoms with Crippen LogP contribution in [0.3, 0.4) is 0 Å². The molecule has 5 heteroatoms. The second kappa shape index (κ2) is 7.78. The average Bonchev–Trinajstić information content (AvgIpc) is 3.06. The van der Waals surface area contributed by atoms with E-state index in [-0.39, 0.29) is 11.6 Å². The van der Waals surface area contributed by atoms with Gasteiger partial charge in [0.1, 0.15) is 11.6 Å². The van der Waals surface area contributed by atoms with Gasteiger partial charge >= 0.3 is 0 Å². The quantitative estimate of drug-likeness (QED) is 0.595. The summed E-state index contributed by atoms with van der Waals surface area (Å²) in [4.78, 5) is 0. The summed E-state index contributed by atoms with van der Waals surface area (Å²) in [6, 6.07) is 12.4. The number of rotatable bonds is 6. The summed E-state index contributed by atoms with van der Waals surface area (Å²) in [6.45, 7) is 6.39. The van der Waals surface area contributed by atoms with Crippen molar-refractivity contribution in [3.05, 3.63) is 90.7 Å². The van der Waals surface area contributed by atoms with Crippen molar-refractivity contribution in [1.82, 2.24) is 9.78 Å². The highest BCUT2D eigenvalue weighted by Gasteiger charge is 2.12. The van der Waals surface area contributed by atoms with Crippen LogP contribution in [0, 0.1) is 11.6 Å². The lowest BCUT2D eigenvalue weighted by molar-refractivity contribution is 0.627. The zero-order valence-electron chi connectivity index (χ0n) is 14.4. The Morgan fingerprint density at radius 3 is 2.31 bits per heavy atom. The van der Waals surface area contributed by atoms with Crippen LogP contribution in [0.15, 0.2) is 73.5 Å². The van der Waals surface area contributed by atoms with Gasteiger partial charge in [-0.15, -0.1) is 0 Å². The molecule has 132 valence electrons. The van der Waals surface area contributed by atoms with E-state index in [0.717, 1.165) is 28.2 Å². The number of hydrogen-bond donors (Lipinski definition) is 1. The molecule has 3 aromatic rings. The summed E-state index contributed by atoms with van der Waals surface area (Å²) in [5.74, 6) is -0.574. The van der Waals surface area contributed by atoms with Crippen LogP contribution in [0.5, 0.6) is 0 Å². The molecule has 0 saturated heterocycles. The van der Waals surface area contributed by atoms with Gasteiger partial charge in [0, 0.05) is 29.6 Å². The summed E-state index contributed by atoms with van der Waals surface area (Å²) < 4.78 is 28.0. The maximum Gasteiger partial charge on any atom is 0.123 e. The monoisotopic (exact) mass is 351 g/mol. The molecule has 3 rings (SSSR count). The third-order valence-corrected chi connectivity index (χ3v) is 3.89. The molecule has 0 bridgehead atoms. The lowest BCUT2D eigenvalue weighted by atomic mass is 10.1. The van der Waals surface area contributed by atoms with Crippen molar-refractivity contribution in [1.29, 1.82) is 0 Å². The van der Waals surface area contributed by atoms with Gasteiger partial charge in [-0.2, -0.15) is 5.10 Å². The van der Waals surface area contributed by atoms with Gasteiger partial charge < -0.3 is 5.32 Å². The summed E-state index contributed by atoms with van der Waals surface area (Å²) in [5.41, 5.74) is 4.01. The second-order valence-electron chi connectivity index (χ2n) is 5.81. The molecular weight excluding hydrogens is 332 g/mol. The van der Waals surface area contributed by atoms with Crippen molar-refractivity contribution in [2.45, 2.75) is 13.5 Å². The molecule has 0 amide bonds. The minimum absolute atomic E-state index is 0.280. The smallest absolute Gasteiger partial charge is 0.123 e. The minimum Gasteiger partial charge on any atom is -0.381 e. The van der Waals surface area contributed by atoms with Crippen LogP contribution < -0.4 is 5.32 Å². The first-order valence-electron chi connectivity index (χ1n) is 8.22. The molecular formula is C21H19F2N3. The van der Waals surface area contributed by atoms with Crippen molar-refractivity contribution < 1.29 is 8.78 Å². The Labute approximate surface area is 151 Å². The molecule has 26 heavy (non-hydrogen) atoms. The first kappa shape index (κ1) is 17.6. The van der Waals surface area contributed by atoms with Crippen LogP contribution in [-0.2, 0) is 6.54 Å². The second-order valence-corrected chi connectivity index (χ2v) is 5.81. The minimum atomic E-state index is -0.294. The van der Waals surface area contributed by atoms with Crippen LogP contribution in [-0.4, -0.2) is 9.78 Å². The molecule has 0 aliphatic carbocycles. The molecule has 0 spiro atoms. The van der Waals surface area contributed by atoms with E-state index < -0.39 is 0 Å². The normalized spacial score (nSPS) is 11.0. The topological polar surface area (TPSA) is 29.9 Å². The van der Waals surface area contributed by atoms with E-state index in [1.165, 1.54) is 24.3 Å². The van der Waals surface area contributed by atoms with Crippen molar-refractivity contribution in [2.24, 2.45) is 0 Å². The lowest BCUT2D eigenvalue weighted by Gasteiger charge is -2.06. The molecule has 1 aromatic heterocycles. The predicted molar refractivity (Wildman–Crippen MR) is 101 cm³/mol. The lowest BCUT2D eigenvalue weighted by Crippen LogP contribution is -2.00. The van der Waals surface area contributed by atoms with Gasteiger partial charge in [-0.05, 0) is 61.5 Å². The summed E-state index contributed by atoms with van der Waals surface area (Å²) in [7, 11) is 0. The van der Waals surface area contributed by atoms with E-state index >= 15 is 0 Å². The number of allylic oxidation sites excluding steroid dienone is 3. The van der Waals surface area contributed by atoms with E-state index in [1.807, 2.05) is 25.3 Å². The number of benzene rings is 2. The molecule has 0 saturated carbocycles. The third kappa shape index (κ3) is 4.06. The molecule has 1 N–H and O–H groups in total. The first-order valence-corrected chi connectivity index (χ1v) is 8.22. The average molecular weight is 351 g/mol. The highest BCUT2D eigenvalue weighted by atomic mass is 19.1. The van der Waals surface area contributed by atoms with Gasteiger partial charge in [0.2, 0.25) is 0 Å². The Morgan fingerprint density at radius 1 is 1.08 bits per heavy atom. The number of nitrogens with one attached hydrogen (secondary N) is 1. The van der Waals surface area contributed by atoms with Crippen LogP contribution in [0.1, 0.15) is 12.5 Å². The maximum absolute atomic E-state index is 13.2. The number of halogens is 2. The fourth-order valence-electron chi connectivity index (χ4n) is 2.57. The van der Waals surface area contributed by atoms with Crippen LogP contribution >= 0.6 is 0 Å². The first-order chi connectivity index (χ1) is 12.6. The molecule has 0 aliphatic rings. The molecule has 0 aliphatic heterocycles. The fourth-order valence-corrected chi connectivity index (χ4v) is 2.57. The van der Waals surface area contributed by atoms with Crippen LogP contribution in [0.4, 0.5) is 14.5 Å². The van der Waals surface area contributed by atoms with Crippen molar-refractivity contribution in [3.63, 3.8) is 0 Å². The van der Waals surface area contributed by atoms with Crippen molar-refractivity contribution in [2.75, 3.05) is 5.32 Å². The van der Waals surface area contributed by atoms with Gasteiger partial charge in [0.25, 0.3) is 0 Å². The molecule has 0 fully saturated rings. The highest BCUT2D eigenvalue weighted by Crippen LogP contribution is 2.25. The molecule has 2 aromatic carbocycles. The molecule has 0 unspecified atom stereocenters. The van der Waals surface area contributed by atoms with E-state index in [9.17, 15) is 8.78 Å². The van der Waals surface area contributed by atoms with Gasteiger partial charge in [-0.25, -0.2) is 13.5 Å². The molecule has 1 heterocycles. The SMILES string of the molecule is C=C(/C=C\C)n1cc(CNc2ccc(F)cc2)c(-c2ccc(F)cc2)n1. The number of nitrogens with zero attached hydrogens (tertiary/aromatic N) is 2. The maximum atomic E-state index is 13.2. The van der Waals surface area contributed by atoms with Crippen LogP contribution in [0.2, 0.25) is 0 Å². The zero-order valence-corrected chi connectivity index (χ0v) is 14.4. The number of aromatic nitrogens is 2.